The van der Waals surface area contributed by atoms with Gasteiger partial charge in [-0.25, -0.2) is 4.98 Å². The van der Waals surface area contributed by atoms with Gasteiger partial charge < -0.3 is 16.0 Å². The number of benzene rings is 4. The molecule has 0 bridgehead atoms. The van der Waals surface area contributed by atoms with Crippen LogP contribution in [0.5, 0.6) is 0 Å². The summed E-state index contributed by atoms with van der Waals surface area (Å²) in [6, 6.07) is 33.7. The summed E-state index contributed by atoms with van der Waals surface area (Å²) in [7, 11) is 0. The average molecular weight is 605 g/mol. The molecule has 43 heavy (non-hydrogen) atoms. The van der Waals surface area contributed by atoms with Crippen molar-refractivity contribution >= 4 is 57.7 Å². The van der Waals surface area contributed by atoms with Crippen molar-refractivity contribution in [3.05, 3.63) is 137 Å². The number of nitrogens with one attached hydrogen (secondary N) is 3. The largest absolute Gasteiger partial charge is 0.321 e. The first-order valence-corrected chi connectivity index (χ1v) is 15.3. The molecule has 0 saturated heterocycles. The van der Waals surface area contributed by atoms with E-state index in [4.69, 9.17) is 0 Å². The van der Waals surface area contributed by atoms with Crippen LogP contribution in [0.4, 0.5) is 10.8 Å². The second-order valence-corrected chi connectivity index (χ2v) is 11.4. The van der Waals surface area contributed by atoms with Crippen molar-refractivity contribution in [3.8, 4) is 11.1 Å². The van der Waals surface area contributed by atoms with Gasteiger partial charge in [0.25, 0.3) is 11.8 Å². The van der Waals surface area contributed by atoms with E-state index < -0.39 is 5.91 Å². The summed E-state index contributed by atoms with van der Waals surface area (Å²) in [6.07, 6.45) is 1.65. The van der Waals surface area contributed by atoms with E-state index in [1.54, 1.807) is 42.5 Å². The lowest BCUT2D eigenvalue weighted by Crippen LogP contribution is -2.30. The van der Waals surface area contributed by atoms with Gasteiger partial charge in [-0.05, 0) is 66.1 Å². The number of thioether (sulfide) groups is 1. The third kappa shape index (κ3) is 8.51. The van der Waals surface area contributed by atoms with Crippen LogP contribution >= 0.6 is 23.1 Å². The van der Waals surface area contributed by atoms with Crippen LogP contribution in [-0.4, -0.2) is 28.5 Å². The Balaban J connectivity index is 1.27. The SMILES string of the molecule is Cc1csc(NC(=O)CSc2ccc(NC(=O)/C(=C/c3ccc(-c4ccccc4)cc3)NC(=O)c3ccccc3)cc2)n1. The zero-order valence-corrected chi connectivity index (χ0v) is 24.9. The van der Waals surface area contributed by atoms with Gasteiger partial charge in [0.1, 0.15) is 5.70 Å². The molecule has 0 aliphatic rings. The van der Waals surface area contributed by atoms with E-state index in [9.17, 15) is 14.4 Å². The molecule has 5 aromatic rings. The molecule has 4 aromatic carbocycles. The molecule has 3 N–H and O–H groups in total. The fourth-order valence-corrected chi connectivity index (χ4v) is 5.46. The standard InChI is InChI=1S/C34H28N4O3S2/c1-23-21-43-34(35-23)38-31(39)22-42-29-18-16-28(17-19-29)36-33(41)30(37-32(40)27-10-6-3-7-11-27)20-24-12-14-26(15-13-24)25-8-4-2-5-9-25/h2-21H,22H2,1H3,(H,36,41)(H,37,40)(H,35,38,39)/b30-20-. The monoisotopic (exact) mass is 604 g/mol. The van der Waals surface area contributed by atoms with Gasteiger partial charge in [-0.3, -0.25) is 14.4 Å². The van der Waals surface area contributed by atoms with Crippen molar-refractivity contribution in [3.63, 3.8) is 0 Å². The summed E-state index contributed by atoms with van der Waals surface area (Å²) in [6.45, 7) is 1.88. The second kappa shape index (κ2) is 14.3. The van der Waals surface area contributed by atoms with Gasteiger partial charge in [0.05, 0.1) is 11.4 Å². The Hall–Kier alpha value is -4.99. The van der Waals surface area contributed by atoms with Crippen LogP contribution in [0.1, 0.15) is 21.6 Å². The maximum Gasteiger partial charge on any atom is 0.272 e. The van der Waals surface area contributed by atoms with Gasteiger partial charge in [0.15, 0.2) is 5.13 Å². The maximum absolute atomic E-state index is 13.4. The Morgan fingerprint density at radius 3 is 2.09 bits per heavy atom. The normalized spacial score (nSPS) is 11.0. The van der Waals surface area contributed by atoms with Crippen LogP contribution in [0.15, 0.2) is 125 Å². The van der Waals surface area contributed by atoms with Crippen molar-refractivity contribution in [2.75, 3.05) is 16.4 Å². The van der Waals surface area contributed by atoms with Gasteiger partial charge in [0, 0.05) is 21.5 Å². The molecule has 0 saturated carbocycles. The van der Waals surface area contributed by atoms with Crippen LogP contribution in [-0.2, 0) is 9.59 Å². The molecule has 0 atom stereocenters. The molecule has 214 valence electrons. The highest BCUT2D eigenvalue weighted by atomic mass is 32.2. The van der Waals surface area contributed by atoms with Crippen LogP contribution in [0, 0.1) is 6.92 Å². The minimum Gasteiger partial charge on any atom is -0.321 e. The smallest absolute Gasteiger partial charge is 0.272 e. The highest BCUT2D eigenvalue weighted by molar-refractivity contribution is 8.00. The van der Waals surface area contributed by atoms with Crippen LogP contribution in [0.25, 0.3) is 17.2 Å². The average Bonchev–Trinajstić information content (AvgIpc) is 3.45. The molecule has 3 amide bonds. The number of carbonyl (C=O) groups excluding carboxylic acids is 3. The van der Waals surface area contributed by atoms with Crippen LogP contribution in [0.2, 0.25) is 0 Å². The van der Waals surface area contributed by atoms with E-state index in [2.05, 4.69) is 20.9 Å². The fourth-order valence-electron chi connectivity index (χ4n) is 4.06. The minimum absolute atomic E-state index is 0.105. The highest BCUT2D eigenvalue weighted by Crippen LogP contribution is 2.23. The zero-order chi connectivity index (χ0) is 30.0. The van der Waals surface area contributed by atoms with Gasteiger partial charge in [-0.15, -0.1) is 23.1 Å². The first-order chi connectivity index (χ1) is 20.9. The summed E-state index contributed by atoms with van der Waals surface area (Å²) in [5.74, 6) is -0.764. The lowest BCUT2D eigenvalue weighted by molar-refractivity contribution is -0.114. The number of amides is 3. The predicted octanol–water partition coefficient (Wildman–Crippen LogP) is 7.26. The van der Waals surface area contributed by atoms with Gasteiger partial charge in [-0.2, -0.15) is 0 Å². The third-order valence-electron chi connectivity index (χ3n) is 6.21. The van der Waals surface area contributed by atoms with Crippen molar-refractivity contribution in [2.45, 2.75) is 11.8 Å². The summed E-state index contributed by atoms with van der Waals surface area (Å²) >= 11 is 2.77. The Bertz CT molecular complexity index is 1730. The number of nitrogens with zero attached hydrogens (tertiary/aromatic N) is 1. The molecule has 9 heteroatoms. The van der Waals surface area contributed by atoms with Gasteiger partial charge in [-0.1, -0.05) is 72.8 Å². The predicted molar refractivity (Wildman–Crippen MR) is 175 cm³/mol. The maximum atomic E-state index is 13.4. The zero-order valence-electron chi connectivity index (χ0n) is 23.2. The molecule has 1 heterocycles. The van der Waals surface area contributed by atoms with Gasteiger partial charge >= 0.3 is 0 Å². The molecule has 7 nitrogen and oxygen atoms in total. The lowest BCUT2D eigenvalue weighted by atomic mass is 10.0. The van der Waals surface area contributed by atoms with E-state index in [1.807, 2.05) is 85.1 Å². The Morgan fingerprint density at radius 1 is 0.791 bits per heavy atom. The Morgan fingerprint density at radius 2 is 1.44 bits per heavy atom. The topological polar surface area (TPSA) is 100 Å². The van der Waals surface area contributed by atoms with Crippen LogP contribution in [0.3, 0.4) is 0 Å². The number of thiazole rings is 1. The molecule has 0 spiro atoms. The van der Waals surface area contributed by atoms with E-state index in [1.165, 1.54) is 23.1 Å². The summed E-state index contributed by atoms with van der Waals surface area (Å²) in [4.78, 5) is 43.7. The second-order valence-electron chi connectivity index (χ2n) is 9.48. The molecule has 0 radical (unpaired) electrons. The number of carbonyl (C=O) groups is 3. The van der Waals surface area contributed by atoms with Crippen molar-refractivity contribution in [1.29, 1.82) is 0 Å². The van der Waals surface area contributed by atoms with Crippen molar-refractivity contribution in [1.82, 2.24) is 10.3 Å². The number of anilines is 2. The summed E-state index contributed by atoms with van der Waals surface area (Å²) in [5.41, 5.74) is 4.86. The molecule has 0 fully saturated rings. The lowest BCUT2D eigenvalue weighted by Gasteiger charge is -2.12. The number of aryl methyl sites for hydroxylation is 1. The highest BCUT2D eigenvalue weighted by Gasteiger charge is 2.15. The first kappa shape index (κ1) is 29.5. The summed E-state index contributed by atoms with van der Waals surface area (Å²) < 4.78 is 0. The number of hydrogen-bond acceptors (Lipinski definition) is 6. The number of aromatic nitrogens is 1. The Labute approximate surface area is 258 Å². The van der Waals surface area contributed by atoms with E-state index in [-0.39, 0.29) is 23.3 Å². The molecule has 0 aliphatic heterocycles. The number of hydrogen-bond donors (Lipinski definition) is 3. The third-order valence-corrected chi connectivity index (χ3v) is 8.09. The molecular formula is C34H28N4O3S2. The fraction of sp³-hybridized carbons (Fsp3) is 0.0588. The molecule has 0 aliphatic carbocycles. The molecule has 5 rings (SSSR count). The van der Waals surface area contributed by atoms with E-state index >= 15 is 0 Å². The quantitative estimate of drug-likeness (QED) is 0.115. The van der Waals surface area contributed by atoms with E-state index in [0.717, 1.165) is 27.3 Å². The van der Waals surface area contributed by atoms with Crippen molar-refractivity contribution < 1.29 is 14.4 Å². The first-order valence-electron chi connectivity index (χ1n) is 13.4. The van der Waals surface area contributed by atoms with Crippen LogP contribution < -0.4 is 16.0 Å². The van der Waals surface area contributed by atoms with Crippen molar-refractivity contribution in [2.24, 2.45) is 0 Å². The molecule has 0 unspecified atom stereocenters. The van der Waals surface area contributed by atoms with Gasteiger partial charge in [0.2, 0.25) is 5.91 Å². The Kier molecular flexibility index (Phi) is 9.78. The number of rotatable bonds is 10. The minimum atomic E-state index is -0.463. The summed E-state index contributed by atoms with van der Waals surface area (Å²) in [5, 5.41) is 10.9. The molecule has 1 aromatic heterocycles. The molecular weight excluding hydrogens is 577 g/mol. The van der Waals surface area contributed by atoms with E-state index in [0.29, 0.717) is 16.4 Å².